The standard InChI is InChI=1S/C19H30N2Si.2ClH.Hf/c1-19(2,3)20-22(4,5)18-14-17(21-12-8-9-13-21)15-10-6-7-11-16(15)18;;;/h6-7,10-11,14,18,20H,8-9,12-13H2,1-5H3;2*1H;/q;;;+2/p-2. The van der Waals surface area contributed by atoms with E-state index in [2.05, 4.69) is 74.1 Å². The van der Waals surface area contributed by atoms with E-state index in [1.54, 1.807) is 0 Å². The quantitative estimate of drug-likeness (QED) is 0.444. The van der Waals surface area contributed by atoms with Crippen molar-refractivity contribution in [2.24, 2.45) is 0 Å². The number of nitrogens with zero attached hydrogens (tertiary/aromatic N) is 1. The molecule has 1 aromatic carbocycles. The maximum absolute atomic E-state index is 3.97. The summed E-state index contributed by atoms with van der Waals surface area (Å²) < 4.78 is 0. The van der Waals surface area contributed by atoms with Crippen molar-refractivity contribution in [1.82, 2.24) is 9.88 Å². The Balaban J connectivity index is 0.00000192. The van der Waals surface area contributed by atoms with E-state index in [-0.39, 0.29) is 56.2 Å². The number of allylic oxidation sites excluding steroid dienone is 1. The van der Waals surface area contributed by atoms with Crippen LogP contribution >= 0.6 is 0 Å². The second kappa shape index (κ2) is 9.54. The molecular formula is C19H30Cl2HfN2Si. The third kappa shape index (κ3) is 5.68. The number of halogens is 2. The van der Waals surface area contributed by atoms with E-state index in [1.165, 1.54) is 42.8 Å². The number of nitrogens with one attached hydrogen (secondary N) is 1. The first-order chi connectivity index (χ1) is 10.3. The second-order valence-corrected chi connectivity index (χ2v) is 12.7. The van der Waals surface area contributed by atoms with Crippen molar-refractivity contribution in [3.63, 3.8) is 0 Å². The summed E-state index contributed by atoms with van der Waals surface area (Å²) in [7, 11) is -1.60. The molecule has 0 saturated carbocycles. The molecule has 1 atom stereocenters. The fraction of sp³-hybridized carbons (Fsp3) is 0.579. The van der Waals surface area contributed by atoms with Gasteiger partial charge in [-0.3, -0.25) is 0 Å². The molecule has 6 heteroatoms. The van der Waals surface area contributed by atoms with Crippen LogP contribution in [0.3, 0.4) is 0 Å². The van der Waals surface area contributed by atoms with E-state index in [1.807, 2.05) is 0 Å². The van der Waals surface area contributed by atoms with Gasteiger partial charge in [-0.2, -0.15) is 0 Å². The summed E-state index contributed by atoms with van der Waals surface area (Å²) in [4.78, 5) is 6.56. The first kappa shape index (κ1) is 25.4. The van der Waals surface area contributed by atoms with E-state index in [0.717, 1.165) is 0 Å². The van der Waals surface area contributed by atoms with Crippen LogP contribution in [-0.4, -0.2) is 31.8 Å². The van der Waals surface area contributed by atoms with Crippen molar-refractivity contribution in [3.05, 3.63) is 41.5 Å². The molecule has 1 saturated heterocycles. The average Bonchev–Trinajstić information content (AvgIpc) is 3.02. The van der Waals surface area contributed by atoms with Crippen molar-refractivity contribution in [2.75, 3.05) is 13.1 Å². The van der Waals surface area contributed by atoms with E-state index < -0.39 is 8.24 Å². The Morgan fingerprint density at radius 1 is 1.04 bits per heavy atom. The molecule has 1 aromatic rings. The van der Waals surface area contributed by atoms with Gasteiger partial charge in [-0.1, -0.05) is 43.4 Å². The molecule has 1 heterocycles. The Bertz CT molecular complexity index is 593. The maximum Gasteiger partial charge on any atom is 2.00 e. The van der Waals surface area contributed by atoms with Gasteiger partial charge in [-0.05, 0) is 39.2 Å². The fourth-order valence-corrected chi connectivity index (χ4v) is 7.91. The molecule has 138 valence electrons. The molecule has 1 unspecified atom stereocenters. The number of hydrogen-bond donors (Lipinski definition) is 1. The number of hydrogen-bond acceptors (Lipinski definition) is 2. The normalized spacial score (nSPS) is 19.3. The molecule has 3 rings (SSSR count). The number of benzene rings is 1. The summed E-state index contributed by atoms with van der Waals surface area (Å²) in [5, 5.41) is 0. The van der Waals surface area contributed by atoms with Crippen LogP contribution < -0.4 is 29.8 Å². The summed E-state index contributed by atoms with van der Waals surface area (Å²) >= 11 is 0. The molecule has 25 heavy (non-hydrogen) atoms. The molecule has 2 nitrogen and oxygen atoms in total. The molecule has 1 aliphatic heterocycles. The van der Waals surface area contributed by atoms with Crippen LogP contribution in [0.1, 0.15) is 50.3 Å². The van der Waals surface area contributed by atoms with Crippen LogP contribution in [-0.2, 0) is 25.8 Å². The monoisotopic (exact) mass is 564 g/mol. The zero-order chi connectivity index (χ0) is 16.0. The van der Waals surface area contributed by atoms with Crippen LogP contribution in [0.25, 0.3) is 5.70 Å². The van der Waals surface area contributed by atoms with Crippen LogP contribution in [0.4, 0.5) is 0 Å². The largest absolute Gasteiger partial charge is 2.00 e. The predicted molar refractivity (Wildman–Crippen MR) is 98.3 cm³/mol. The molecule has 2 aliphatic rings. The van der Waals surface area contributed by atoms with Gasteiger partial charge in [0.05, 0.1) is 0 Å². The van der Waals surface area contributed by atoms with E-state index in [0.29, 0.717) is 5.54 Å². The van der Waals surface area contributed by atoms with Crippen LogP contribution in [0.15, 0.2) is 30.3 Å². The average molecular weight is 564 g/mol. The molecule has 1 N–H and O–H groups in total. The van der Waals surface area contributed by atoms with Crippen LogP contribution in [0, 0.1) is 0 Å². The summed E-state index contributed by atoms with van der Waals surface area (Å²) in [6.45, 7) is 14.3. The SMILES string of the molecule is CC(C)(C)N[Si](C)(C)C1C=C(N2CCCC2)c2ccccc21.[Cl-].[Cl-].[Hf+2]. The van der Waals surface area contributed by atoms with Gasteiger partial charge in [0.1, 0.15) is 8.24 Å². The van der Waals surface area contributed by atoms with Gasteiger partial charge in [0.25, 0.3) is 0 Å². The van der Waals surface area contributed by atoms with Gasteiger partial charge >= 0.3 is 25.8 Å². The Kier molecular flexibility index (Phi) is 9.69. The molecule has 1 aliphatic carbocycles. The number of likely N-dealkylation sites (tertiary alicyclic amines) is 1. The van der Waals surface area contributed by atoms with Gasteiger partial charge in [0.15, 0.2) is 0 Å². The van der Waals surface area contributed by atoms with Crippen molar-refractivity contribution in [2.45, 2.75) is 57.8 Å². The summed E-state index contributed by atoms with van der Waals surface area (Å²) in [5.41, 5.74) is 5.26. The first-order valence-electron chi connectivity index (χ1n) is 8.63. The zero-order valence-corrected chi connectivity index (χ0v) is 22.1. The number of rotatable bonds is 3. The van der Waals surface area contributed by atoms with Gasteiger partial charge in [0.2, 0.25) is 0 Å². The summed E-state index contributed by atoms with van der Waals surface area (Å²) in [6, 6.07) is 9.06. The zero-order valence-electron chi connectivity index (χ0n) is 16.0. The third-order valence-corrected chi connectivity index (χ3v) is 8.24. The Morgan fingerprint density at radius 2 is 1.60 bits per heavy atom. The Morgan fingerprint density at radius 3 is 2.16 bits per heavy atom. The smallest absolute Gasteiger partial charge is 1.00 e. The van der Waals surface area contributed by atoms with Crippen molar-refractivity contribution >= 4 is 13.9 Å². The molecule has 0 amide bonds. The molecule has 0 radical (unpaired) electrons. The molecule has 0 aromatic heterocycles. The second-order valence-electron chi connectivity index (χ2n) is 8.41. The fourth-order valence-electron chi connectivity index (χ4n) is 4.21. The van der Waals surface area contributed by atoms with Gasteiger partial charge in [-0.15, -0.1) is 0 Å². The van der Waals surface area contributed by atoms with E-state index in [9.17, 15) is 0 Å². The summed E-state index contributed by atoms with van der Waals surface area (Å²) in [5.74, 6) is 0. The van der Waals surface area contributed by atoms with Gasteiger partial charge in [0, 0.05) is 35.4 Å². The van der Waals surface area contributed by atoms with Gasteiger partial charge in [-0.25, -0.2) is 0 Å². The molecule has 0 spiro atoms. The Hall–Kier alpha value is 0.387. The number of fused-ring (bicyclic) bond motifs is 1. The summed E-state index contributed by atoms with van der Waals surface area (Å²) in [6.07, 6.45) is 5.25. The molecule has 0 bridgehead atoms. The minimum Gasteiger partial charge on any atom is -1.00 e. The predicted octanol–water partition coefficient (Wildman–Crippen LogP) is -1.64. The van der Waals surface area contributed by atoms with Crippen molar-refractivity contribution < 1.29 is 50.7 Å². The van der Waals surface area contributed by atoms with Crippen molar-refractivity contribution in [3.8, 4) is 0 Å². The van der Waals surface area contributed by atoms with Gasteiger partial charge < -0.3 is 34.7 Å². The van der Waals surface area contributed by atoms with Crippen LogP contribution in [0.2, 0.25) is 13.1 Å². The minimum absolute atomic E-state index is 0. The molecular weight excluding hydrogens is 534 g/mol. The van der Waals surface area contributed by atoms with Crippen LogP contribution in [0.5, 0.6) is 0 Å². The minimum atomic E-state index is -1.60. The van der Waals surface area contributed by atoms with E-state index >= 15 is 0 Å². The van der Waals surface area contributed by atoms with E-state index in [4.69, 9.17) is 0 Å². The maximum atomic E-state index is 3.97. The molecule has 1 fully saturated rings. The topological polar surface area (TPSA) is 15.3 Å². The third-order valence-electron chi connectivity index (χ3n) is 4.82. The van der Waals surface area contributed by atoms with Crippen molar-refractivity contribution in [1.29, 1.82) is 0 Å². The first-order valence-corrected chi connectivity index (χ1v) is 11.7. The Labute approximate surface area is 185 Å².